The summed E-state index contributed by atoms with van der Waals surface area (Å²) >= 11 is 0. The summed E-state index contributed by atoms with van der Waals surface area (Å²) in [4.78, 5) is 13.1. The maximum Gasteiger partial charge on any atom is 0.397 e. The molecule has 1 aliphatic heterocycles. The van der Waals surface area contributed by atoms with Crippen molar-refractivity contribution in [2.45, 2.75) is 59.7 Å². The Morgan fingerprint density at radius 2 is 1.75 bits per heavy atom. The molecule has 0 aromatic carbocycles. The number of nitrogens with one attached hydrogen (secondary N) is 1. The fourth-order valence-electron chi connectivity index (χ4n) is 1.97. The van der Waals surface area contributed by atoms with Crippen LogP contribution in [-0.2, 0) is 4.79 Å². The number of halogens is 3. The first kappa shape index (κ1) is 21.5. The number of amides is 1. The number of carbonyl (C=O) groups excluding carboxylic acids is 1. The summed E-state index contributed by atoms with van der Waals surface area (Å²) in [5.74, 6) is -0.674. The first-order valence-corrected chi connectivity index (χ1v) is 7.31. The van der Waals surface area contributed by atoms with E-state index < -0.39 is 18.5 Å². The number of alkyl halides is 3. The van der Waals surface area contributed by atoms with Crippen molar-refractivity contribution >= 4 is 5.91 Å². The Labute approximate surface area is 120 Å². The van der Waals surface area contributed by atoms with Gasteiger partial charge in [0, 0.05) is 19.1 Å². The molecule has 2 unspecified atom stereocenters. The molecule has 1 fully saturated rings. The Bertz CT molecular complexity index is 247. The summed E-state index contributed by atoms with van der Waals surface area (Å²) < 4.78 is 35.6. The van der Waals surface area contributed by atoms with Crippen LogP contribution in [0, 0.1) is 5.92 Å². The minimum Gasteiger partial charge on any atom is -0.355 e. The lowest BCUT2D eigenvalue weighted by Gasteiger charge is -2.13. The number of hydrogen-bond donors (Lipinski definition) is 1. The average molecular weight is 298 g/mol. The van der Waals surface area contributed by atoms with Gasteiger partial charge in [0.25, 0.3) is 0 Å². The van der Waals surface area contributed by atoms with E-state index in [-0.39, 0.29) is 5.92 Å². The highest BCUT2D eigenvalue weighted by Crippen LogP contribution is 2.21. The molecular weight excluding hydrogens is 269 g/mol. The van der Waals surface area contributed by atoms with Crippen LogP contribution in [0.4, 0.5) is 13.2 Å². The van der Waals surface area contributed by atoms with Crippen molar-refractivity contribution in [1.82, 2.24) is 10.2 Å². The first-order valence-electron chi connectivity index (χ1n) is 7.31. The van der Waals surface area contributed by atoms with Gasteiger partial charge in [0.2, 0.25) is 5.91 Å². The molecular formula is C14H29F3N2O. The van der Waals surface area contributed by atoms with E-state index >= 15 is 0 Å². The summed E-state index contributed by atoms with van der Waals surface area (Å²) in [5.41, 5.74) is 0. The molecule has 0 aliphatic carbocycles. The van der Waals surface area contributed by atoms with Crippen molar-refractivity contribution in [2.24, 2.45) is 5.92 Å². The predicted octanol–water partition coefficient (Wildman–Crippen LogP) is 3.45. The Balaban J connectivity index is 0. The highest BCUT2D eigenvalue weighted by atomic mass is 19.4. The molecule has 1 saturated heterocycles. The standard InChI is InChI=1S/C10H17F3N2O.2C2H6/c1-7-3-8(6-15(7)2)5-14-9(16)4-10(11,12)13;2*1-2/h7-8H,3-6H2,1-2H3,(H,14,16);2*1-2H3. The van der Waals surface area contributed by atoms with Gasteiger partial charge in [-0.3, -0.25) is 4.79 Å². The molecule has 0 radical (unpaired) electrons. The molecule has 0 aromatic rings. The largest absolute Gasteiger partial charge is 0.397 e. The summed E-state index contributed by atoms with van der Waals surface area (Å²) in [7, 11) is 1.97. The molecule has 122 valence electrons. The summed E-state index contributed by atoms with van der Waals surface area (Å²) in [6.07, 6.45) is -4.88. The molecule has 6 heteroatoms. The topological polar surface area (TPSA) is 32.3 Å². The van der Waals surface area contributed by atoms with Gasteiger partial charge in [0.1, 0.15) is 6.42 Å². The fraction of sp³-hybridized carbons (Fsp3) is 0.929. The fourth-order valence-corrected chi connectivity index (χ4v) is 1.97. The third kappa shape index (κ3) is 10.1. The van der Waals surface area contributed by atoms with Crippen LogP contribution in [0.25, 0.3) is 0 Å². The zero-order valence-electron chi connectivity index (χ0n) is 13.5. The predicted molar refractivity (Wildman–Crippen MR) is 76.6 cm³/mol. The monoisotopic (exact) mass is 298 g/mol. The maximum absolute atomic E-state index is 11.9. The lowest BCUT2D eigenvalue weighted by atomic mass is 10.1. The number of likely N-dealkylation sites (tertiary alicyclic amines) is 1. The van der Waals surface area contributed by atoms with Gasteiger partial charge in [-0.1, -0.05) is 27.7 Å². The maximum atomic E-state index is 11.9. The normalized spacial score (nSPS) is 22.2. The van der Waals surface area contributed by atoms with Gasteiger partial charge >= 0.3 is 6.18 Å². The van der Waals surface area contributed by atoms with E-state index in [9.17, 15) is 18.0 Å². The summed E-state index contributed by atoms with van der Waals surface area (Å²) in [5, 5.41) is 2.34. The van der Waals surface area contributed by atoms with Crippen molar-refractivity contribution in [1.29, 1.82) is 0 Å². The van der Waals surface area contributed by atoms with E-state index in [4.69, 9.17) is 0 Å². The smallest absolute Gasteiger partial charge is 0.355 e. The van der Waals surface area contributed by atoms with Gasteiger partial charge in [-0.2, -0.15) is 13.2 Å². The number of nitrogens with zero attached hydrogens (tertiary/aromatic N) is 1. The van der Waals surface area contributed by atoms with Crippen molar-refractivity contribution < 1.29 is 18.0 Å². The lowest BCUT2D eigenvalue weighted by molar-refractivity contribution is -0.153. The van der Waals surface area contributed by atoms with E-state index in [1.54, 1.807) is 0 Å². The molecule has 0 spiro atoms. The van der Waals surface area contributed by atoms with E-state index in [2.05, 4.69) is 17.1 Å². The van der Waals surface area contributed by atoms with Crippen LogP contribution >= 0.6 is 0 Å². The Morgan fingerprint density at radius 3 is 2.10 bits per heavy atom. The van der Waals surface area contributed by atoms with Crippen LogP contribution in [0.2, 0.25) is 0 Å². The molecule has 0 saturated carbocycles. The summed E-state index contributed by atoms with van der Waals surface area (Å²) in [6, 6.07) is 0.435. The van der Waals surface area contributed by atoms with Gasteiger partial charge < -0.3 is 10.2 Å². The molecule has 0 bridgehead atoms. The number of rotatable bonds is 3. The highest BCUT2D eigenvalue weighted by Gasteiger charge is 2.32. The van der Waals surface area contributed by atoms with E-state index in [0.717, 1.165) is 13.0 Å². The second-order valence-corrected chi connectivity index (χ2v) is 4.49. The molecule has 1 heterocycles. The van der Waals surface area contributed by atoms with Crippen molar-refractivity contribution in [2.75, 3.05) is 20.1 Å². The van der Waals surface area contributed by atoms with Gasteiger partial charge in [-0.25, -0.2) is 0 Å². The van der Waals surface area contributed by atoms with Crippen LogP contribution in [0.1, 0.15) is 47.5 Å². The van der Waals surface area contributed by atoms with Crippen LogP contribution in [0.3, 0.4) is 0 Å². The number of carbonyl (C=O) groups is 1. The highest BCUT2D eigenvalue weighted by molar-refractivity contribution is 5.76. The minimum atomic E-state index is -4.41. The van der Waals surface area contributed by atoms with Gasteiger partial charge in [0.15, 0.2) is 0 Å². The molecule has 1 N–H and O–H groups in total. The third-order valence-electron chi connectivity index (χ3n) is 2.92. The van der Waals surface area contributed by atoms with E-state index in [1.807, 2.05) is 34.7 Å². The Morgan fingerprint density at radius 1 is 1.25 bits per heavy atom. The first-order chi connectivity index (χ1) is 9.28. The molecule has 1 aliphatic rings. The van der Waals surface area contributed by atoms with Gasteiger partial charge in [-0.15, -0.1) is 0 Å². The van der Waals surface area contributed by atoms with E-state index in [0.29, 0.717) is 12.6 Å². The second kappa shape index (κ2) is 10.9. The minimum absolute atomic E-state index is 0.261. The molecule has 1 rings (SSSR count). The van der Waals surface area contributed by atoms with Crippen molar-refractivity contribution in [3.05, 3.63) is 0 Å². The lowest BCUT2D eigenvalue weighted by Crippen LogP contribution is -2.33. The van der Waals surface area contributed by atoms with E-state index in [1.165, 1.54) is 0 Å². The van der Waals surface area contributed by atoms with Gasteiger partial charge in [0.05, 0.1) is 0 Å². The molecule has 2 atom stereocenters. The number of hydrogen-bond acceptors (Lipinski definition) is 2. The molecule has 20 heavy (non-hydrogen) atoms. The second-order valence-electron chi connectivity index (χ2n) is 4.49. The Hall–Kier alpha value is -0.780. The average Bonchev–Trinajstić information content (AvgIpc) is 2.69. The molecule has 3 nitrogen and oxygen atoms in total. The molecule has 1 amide bonds. The zero-order valence-corrected chi connectivity index (χ0v) is 13.5. The van der Waals surface area contributed by atoms with Crippen molar-refractivity contribution in [3.8, 4) is 0 Å². The Kier molecular flexibility index (Phi) is 11.8. The van der Waals surface area contributed by atoms with Crippen LogP contribution in [-0.4, -0.2) is 43.2 Å². The van der Waals surface area contributed by atoms with Crippen molar-refractivity contribution in [3.63, 3.8) is 0 Å². The molecule has 0 aromatic heterocycles. The SMILES string of the molecule is CC.CC.CC1CC(CNC(=O)CC(F)(F)F)CN1C. The third-order valence-corrected chi connectivity index (χ3v) is 2.92. The van der Waals surface area contributed by atoms with Crippen LogP contribution < -0.4 is 5.32 Å². The van der Waals surface area contributed by atoms with Crippen LogP contribution in [0.15, 0.2) is 0 Å². The quantitative estimate of drug-likeness (QED) is 0.865. The summed E-state index contributed by atoms with van der Waals surface area (Å²) in [6.45, 7) is 11.2. The zero-order chi connectivity index (χ0) is 16.3. The van der Waals surface area contributed by atoms with Gasteiger partial charge in [-0.05, 0) is 26.3 Å². The van der Waals surface area contributed by atoms with Crippen LogP contribution in [0.5, 0.6) is 0 Å².